The Morgan fingerprint density at radius 1 is 1.82 bits per heavy atom. The number of ether oxygens (including phenoxy) is 1. The van der Waals surface area contributed by atoms with E-state index < -0.39 is 12.1 Å². The van der Waals surface area contributed by atoms with Gasteiger partial charge >= 0.3 is 5.97 Å². The SMILES string of the molecule is C=C(C)C(=O)OC(CO)CI. The zero-order valence-electron chi connectivity index (χ0n) is 6.34. The maximum Gasteiger partial charge on any atom is 0.333 e. The quantitative estimate of drug-likeness (QED) is 0.357. The molecular formula is C7H11IO3. The monoisotopic (exact) mass is 270 g/mol. The summed E-state index contributed by atoms with van der Waals surface area (Å²) in [5, 5.41) is 8.65. The number of rotatable bonds is 4. The van der Waals surface area contributed by atoms with Crippen LogP contribution in [0.1, 0.15) is 6.92 Å². The molecule has 0 radical (unpaired) electrons. The van der Waals surface area contributed by atoms with Crippen LogP contribution in [0.4, 0.5) is 0 Å². The molecular weight excluding hydrogens is 259 g/mol. The molecule has 0 fully saturated rings. The van der Waals surface area contributed by atoms with Crippen LogP contribution in [0, 0.1) is 0 Å². The van der Waals surface area contributed by atoms with Crippen molar-refractivity contribution >= 4 is 28.6 Å². The average Bonchev–Trinajstić information content (AvgIpc) is 1.99. The summed E-state index contributed by atoms with van der Waals surface area (Å²) in [4.78, 5) is 10.8. The molecule has 4 heteroatoms. The van der Waals surface area contributed by atoms with Crippen molar-refractivity contribution in [2.45, 2.75) is 13.0 Å². The number of esters is 1. The van der Waals surface area contributed by atoms with Crippen LogP contribution in [0.3, 0.4) is 0 Å². The van der Waals surface area contributed by atoms with Crippen LogP contribution >= 0.6 is 22.6 Å². The topological polar surface area (TPSA) is 46.5 Å². The van der Waals surface area contributed by atoms with Crippen molar-refractivity contribution in [2.75, 3.05) is 11.0 Å². The Kier molecular flexibility index (Phi) is 5.49. The van der Waals surface area contributed by atoms with Crippen molar-refractivity contribution in [1.82, 2.24) is 0 Å². The Hall–Kier alpha value is -0.100. The van der Waals surface area contributed by atoms with Gasteiger partial charge in [0.15, 0.2) is 0 Å². The van der Waals surface area contributed by atoms with E-state index in [1.165, 1.54) is 0 Å². The first-order valence-corrected chi connectivity index (χ1v) is 4.67. The zero-order valence-corrected chi connectivity index (χ0v) is 8.50. The molecule has 0 saturated carbocycles. The van der Waals surface area contributed by atoms with Gasteiger partial charge in [0.2, 0.25) is 0 Å². The number of aliphatic hydroxyl groups is 1. The fourth-order valence-electron chi connectivity index (χ4n) is 0.370. The molecule has 0 amide bonds. The lowest BCUT2D eigenvalue weighted by Crippen LogP contribution is -2.23. The van der Waals surface area contributed by atoms with Gasteiger partial charge in [-0.2, -0.15) is 0 Å². The van der Waals surface area contributed by atoms with Gasteiger partial charge < -0.3 is 9.84 Å². The van der Waals surface area contributed by atoms with Gasteiger partial charge in [0, 0.05) is 10.0 Å². The highest BCUT2D eigenvalue weighted by atomic mass is 127. The van der Waals surface area contributed by atoms with Gasteiger partial charge in [0.1, 0.15) is 6.10 Å². The molecule has 0 aliphatic carbocycles. The molecule has 0 bridgehead atoms. The third kappa shape index (κ3) is 4.36. The third-order valence-electron chi connectivity index (χ3n) is 0.998. The minimum Gasteiger partial charge on any atom is -0.456 e. The predicted octanol–water partition coefficient (Wildman–Crippen LogP) is 0.902. The second-order valence-corrected chi connectivity index (χ2v) is 3.03. The predicted molar refractivity (Wildman–Crippen MR) is 50.7 cm³/mol. The van der Waals surface area contributed by atoms with E-state index in [9.17, 15) is 4.79 Å². The van der Waals surface area contributed by atoms with Gasteiger partial charge in [-0.1, -0.05) is 29.2 Å². The molecule has 0 aromatic carbocycles. The summed E-state index contributed by atoms with van der Waals surface area (Å²) in [6.45, 7) is 4.85. The molecule has 1 N–H and O–H groups in total. The number of hydrogen-bond acceptors (Lipinski definition) is 3. The molecule has 0 spiro atoms. The highest BCUT2D eigenvalue weighted by Crippen LogP contribution is 2.01. The van der Waals surface area contributed by atoms with Crippen LogP contribution < -0.4 is 0 Å². The number of alkyl halides is 1. The number of carbonyl (C=O) groups is 1. The van der Waals surface area contributed by atoms with E-state index in [2.05, 4.69) is 6.58 Å². The van der Waals surface area contributed by atoms with Crippen molar-refractivity contribution in [3.05, 3.63) is 12.2 Å². The maximum absolute atomic E-state index is 10.8. The van der Waals surface area contributed by atoms with E-state index in [1.54, 1.807) is 6.92 Å². The summed E-state index contributed by atoms with van der Waals surface area (Å²) in [5.74, 6) is -0.444. The van der Waals surface area contributed by atoms with E-state index in [0.717, 1.165) is 0 Å². The maximum atomic E-state index is 10.8. The van der Waals surface area contributed by atoms with E-state index in [0.29, 0.717) is 10.0 Å². The van der Waals surface area contributed by atoms with Gasteiger partial charge in [-0.25, -0.2) is 4.79 Å². The summed E-state index contributed by atoms with van der Waals surface area (Å²) in [5.41, 5.74) is 0.355. The first kappa shape index (κ1) is 10.9. The molecule has 0 rings (SSSR count). The Morgan fingerprint density at radius 2 is 2.36 bits per heavy atom. The Balaban J connectivity index is 3.81. The minimum atomic E-state index is -0.444. The molecule has 3 nitrogen and oxygen atoms in total. The van der Waals surface area contributed by atoms with Crippen molar-refractivity contribution in [3.8, 4) is 0 Å². The number of halogens is 1. The zero-order chi connectivity index (χ0) is 8.85. The first-order valence-electron chi connectivity index (χ1n) is 3.15. The summed E-state index contributed by atoms with van der Waals surface area (Å²) >= 11 is 2.04. The highest BCUT2D eigenvalue weighted by molar-refractivity contribution is 14.1. The number of carbonyl (C=O) groups excluding carboxylic acids is 1. The molecule has 0 aromatic rings. The second kappa shape index (κ2) is 5.54. The van der Waals surface area contributed by atoms with Crippen molar-refractivity contribution in [3.63, 3.8) is 0 Å². The Labute approximate surface area is 79.6 Å². The smallest absolute Gasteiger partial charge is 0.333 e. The van der Waals surface area contributed by atoms with Crippen molar-refractivity contribution in [1.29, 1.82) is 0 Å². The molecule has 0 aliphatic heterocycles. The molecule has 0 aromatic heterocycles. The molecule has 11 heavy (non-hydrogen) atoms. The largest absolute Gasteiger partial charge is 0.456 e. The fraction of sp³-hybridized carbons (Fsp3) is 0.571. The molecule has 64 valence electrons. The van der Waals surface area contributed by atoms with Gasteiger partial charge in [-0.05, 0) is 6.92 Å². The van der Waals surface area contributed by atoms with Crippen LogP contribution in [-0.2, 0) is 9.53 Å². The van der Waals surface area contributed by atoms with Crippen molar-refractivity contribution < 1.29 is 14.6 Å². The summed E-state index contributed by atoms with van der Waals surface area (Å²) in [6.07, 6.45) is -0.403. The summed E-state index contributed by atoms with van der Waals surface area (Å²) < 4.78 is 5.40. The normalized spacial score (nSPS) is 12.3. The lowest BCUT2D eigenvalue weighted by molar-refractivity contribution is -0.144. The fourth-order valence-corrected chi connectivity index (χ4v) is 0.828. The second-order valence-electron chi connectivity index (χ2n) is 2.14. The average molecular weight is 270 g/mol. The molecule has 0 saturated heterocycles. The van der Waals surface area contributed by atoms with Crippen LogP contribution in [0.25, 0.3) is 0 Å². The van der Waals surface area contributed by atoms with E-state index in [1.807, 2.05) is 22.6 Å². The molecule has 1 atom stereocenters. The summed E-state index contributed by atoms with van der Waals surface area (Å²) in [6, 6.07) is 0. The Morgan fingerprint density at radius 3 is 2.64 bits per heavy atom. The van der Waals surface area contributed by atoms with E-state index >= 15 is 0 Å². The standard InChI is InChI=1S/C7H11IO3/c1-5(2)7(10)11-6(3-8)4-9/h6,9H,1,3-4H2,2H3. The van der Waals surface area contributed by atoms with E-state index in [4.69, 9.17) is 9.84 Å². The molecule has 1 unspecified atom stereocenters. The molecule has 0 aliphatic rings. The van der Waals surface area contributed by atoms with Gasteiger partial charge in [0.05, 0.1) is 6.61 Å². The lowest BCUT2D eigenvalue weighted by Gasteiger charge is -2.11. The lowest BCUT2D eigenvalue weighted by atomic mass is 10.3. The van der Waals surface area contributed by atoms with Crippen LogP contribution in [0.5, 0.6) is 0 Å². The number of aliphatic hydroxyl groups excluding tert-OH is 1. The van der Waals surface area contributed by atoms with Crippen LogP contribution in [0.2, 0.25) is 0 Å². The highest BCUT2D eigenvalue weighted by Gasteiger charge is 2.11. The first-order chi connectivity index (χ1) is 5.11. The van der Waals surface area contributed by atoms with Crippen LogP contribution in [0.15, 0.2) is 12.2 Å². The summed E-state index contributed by atoms with van der Waals surface area (Å²) in [7, 11) is 0. The van der Waals surface area contributed by atoms with Crippen molar-refractivity contribution in [2.24, 2.45) is 0 Å². The van der Waals surface area contributed by atoms with Crippen LogP contribution in [-0.4, -0.2) is 28.2 Å². The third-order valence-corrected chi connectivity index (χ3v) is 1.98. The Bertz CT molecular complexity index is 152. The van der Waals surface area contributed by atoms with E-state index in [-0.39, 0.29) is 6.61 Å². The minimum absolute atomic E-state index is 0.137. The van der Waals surface area contributed by atoms with Gasteiger partial charge in [-0.3, -0.25) is 0 Å². The molecule has 0 heterocycles. The van der Waals surface area contributed by atoms with Gasteiger partial charge in [-0.15, -0.1) is 0 Å². The number of hydrogen-bond donors (Lipinski definition) is 1. The van der Waals surface area contributed by atoms with Gasteiger partial charge in [0.25, 0.3) is 0 Å².